The van der Waals surface area contributed by atoms with Crippen LogP contribution in [0.25, 0.3) is 0 Å². The highest BCUT2D eigenvalue weighted by Gasteiger charge is 2.13. The minimum Gasteiger partial charge on any atom is -0.294 e. The molecule has 0 bridgehead atoms. The van der Waals surface area contributed by atoms with Crippen LogP contribution in [-0.2, 0) is 4.79 Å². The molecule has 0 heterocycles. The largest absolute Gasteiger partial charge is 0.294 e. The molecule has 2 nitrogen and oxygen atoms in total. The molecule has 0 N–H and O–H groups in total. The van der Waals surface area contributed by atoms with E-state index in [1.807, 2.05) is 32.2 Å². The summed E-state index contributed by atoms with van der Waals surface area (Å²) in [7, 11) is 0. The van der Waals surface area contributed by atoms with Crippen molar-refractivity contribution in [1.29, 1.82) is 0 Å². The first-order valence-corrected chi connectivity index (χ1v) is 7.78. The first-order chi connectivity index (χ1) is 10.0. The van der Waals surface area contributed by atoms with E-state index in [-0.39, 0.29) is 5.78 Å². The number of nitrogens with zero attached hydrogens (tertiary/aromatic N) is 1. The summed E-state index contributed by atoms with van der Waals surface area (Å²) in [6, 6.07) is 0. The van der Waals surface area contributed by atoms with Crippen LogP contribution in [0.2, 0.25) is 0 Å². The lowest BCUT2D eigenvalue weighted by Crippen LogP contribution is -2.09. The van der Waals surface area contributed by atoms with Gasteiger partial charge in [-0.15, -0.1) is 0 Å². The van der Waals surface area contributed by atoms with E-state index in [0.717, 1.165) is 24.1 Å². The van der Waals surface area contributed by atoms with Crippen molar-refractivity contribution in [1.82, 2.24) is 0 Å². The van der Waals surface area contributed by atoms with Crippen LogP contribution >= 0.6 is 0 Å². The maximum atomic E-state index is 12.0. The number of ketones is 1. The normalized spacial score (nSPS) is 15.4. The van der Waals surface area contributed by atoms with Gasteiger partial charge in [0.1, 0.15) is 0 Å². The first-order valence-electron chi connectivity index (χ1n) is 7.78. The number of aliphatic imine (C=N–C) groups is 1. The Hall–Kier alpha value is -1.70. The number of hydrogen-bond donors (Lipinski definition) is 0. The van der Waals surface area contributed by atoms with Crippen LogP contribution in [0, 0.1) is 5.92 Å². The average Bonchev–Trinajstić information content (AvgIpc) is 2.49. The van der Waals surface area contributed by atoms with Crippen LogP contribution in [-0.4, -0.2) is 11.5 Å². The summed E-state index contributed by atoms with van der Waals surface area (Å²) in [5.74, 6) is 0.495. The lowest BCUT2D eigenvalue weighted by atomic mass is 9.91. The van der Waals surface area contributed by atoms with Crippen LogP contribution in [0.5, 0.6) is 0 Å². The van der Waals surface area contributed by atoms with Gasteiger partial charge in [0, 0.05) is 23.9 Å². The molecule has 0 amide bonds. The Morgan fingerprint density at radius 2 is 1.95 bits per heavy atom. The van der Waals surface area contributed by atoms with Gasteiger partial charge in [0.15, 0.2) is 5.78 Å². The highest BCUT2D eigenvalue weighted by molar-refractivity contribution is 6.04. The molecule has 0 aliphatic heterocycles. The number of rotatable bonds is 9. The average molecular weight is 287 g/mol. The zero-order valence-electron chi connectivity index (χ0n) is 14.1. The topological polar surface area (TPSA) is 29.4 Å². The van der Waals surface area contributed by atoms with Gasteiger partial charge in [0.2, 0.25) is 0 Å². The molecule has 0 aliphatic carbocycles. The molecule has 0 rings (SSSR count). The number of carbonyl (C=O) groups excluding carboxylic acids is 1. The van der Waals surface area contributed by atoms with Crippen LogP contribution in [0.15, 0.2) is 53.2 Å². The van der Waals surface area contributed by atoms with Crippen molar-refractivity contribution in [3.63, 3.8) is 0 Å². The molecule has 0 radical (unpaired) electrons. The Morgan fingerprint density at radius 3 is 2.43 bits per heavy atom. The van der Waals surface area contributed by atoms with Gasteiger partial charge in [-0.25, -0.2) is 0 Å². The number of Topliss-reactive ketones (excluding diaryl/α,β-unsaturated/α-hetero) is 1. The van der Waals surface area contributed by atoms with Gasteiger partial charge in [0.25, 0.3) is 0 Å². The summed E-state index contributed by atoms with van der Waals surface area (Å²) >= 11 is 0. The molecule has 0 aromatic heterocycles. The van der Waals surface area contributed by atoms with E-state index in [4.69, 9.17) is 0 Å². The van der Waals surface area contributed by atoms with E-state index in [0.29, 0.717) is 17.9 Å². The van der Waals surface area contributed by atoms with Gasteiger partial charge in [-0.3, -0.25) is 9.79 Å². The molecular weight excluding hydrogens is 258 g/mol. The summed E-state index contributed by atoms with van der Waals surface area (Å²) in [5.41, 5.74) is 2.79. The number of carbonyl (C=O) groups is 1. The highest BCUT2D eigenvalue weighted by Crippen LogP contribution is 2.19. The second-order valence-electron chi connectivity index (χ2n) is 5.05. The molecule has 1 unspecified atom stereocenters. The third-order valence-electron chi connectivity index (χ3n) is 3.42. The lowest BCUT2D eigenvalue weighted by molar-refractivity contribution is -0.114. The molecule has 0 spiro atoms. The van der Waals surface area contributed by atoms with Crippen molar-refractivity contribution < 1.29 is 4.79 Å². The Kier molecular flexibility index (Phi) is 10.1. The Morgan fingerprint density at radius 1 is 1.29 bits per heavy atom. The molecule has 1 atom stereocenters. The van der Waals surface area contributed by atoms with Gasteiger partial charge in [0.05, 0.1) is 0 Å². The second-order valence-corrected chi connectivity index (χ2v) is 5.05. The molecule has 0 saturated heterocycles. The van der Waals surface area contributed by atoms with E-state index in [1.165, 1.54) is 0 Å². The Labute approximate surface area is 130 Å². The van der Waals surface area contributed by atoms with E-state index in [1.54, 1.807) is 12.2 Å². The number of hydrogen-bond acceptors (Lipinski definition) is 2. The molecule has 116 valence electrons. The predicted molar refractivity (Wildman–Crippen MR) is 93.7 cm³/mol. The van der Waals surface area contributed by atoms with Crippen molar-refractivity contribution in [2.75, 3.05) is 0 Å². The first kappa shape index (κ1) is 19.3. The van der Waals surface area contributed by atoms with Crippen molar-refractivity contribution in [2.45, 2.75) is 53.9 Å². The molecule has 0 aliphatic rings. The van der Waals surface area contributed by atoms with Crippen LogP contribution in [0.1, 0.15) is 53.9 Å². The number of allylic oxidation sites excluding steroid dienone is 6. The van der Waals surface area contributed by atoms with Gasteiger partial charge in [-0.2, -0.15) is 0 Å². The fraction of sp³-hybridized carbons (Fsp3) is 0.474. The Bertz CT molecular complexity index is 464. The quantitative estimate of drug-likeness (QED) is 0.315. The van der Waals surface area contributed by atoms with Crippen molar-refractivity contribution in [3.8, 4) is 0 Å². The van der Waals surface area contributed by atoms with Crippen LogP contribution < -0.4 is 0 Å². The van der Waals surface area contributed by atoms with Gasteiger partial charge < -0.3 is 0 Å². The molecule has 2 heteroatoms. The standard InChI is InChI=1S/C19H29NO/c1-7-11-13-20-16(6)18(15(5)9-3)14-17(12-8-2)19(21)10-4/h8,11-15H,2,7,9-10H2,1,3-6H3/b13-11-,17-12+,18-14+,20-16-. The molecule has 0 aromatic carbocycles. The molecular formula is C19H29NO. The summed E-state index contributed by atoms with van der Waals surface area (Å²) in [6.07, 6.45) is 11.8. The highest BCUT2D eigenvalue weighted by atomic mass is 16.1. The minimum atomic E-state index is 0.132. The zero-order chi connectivity index (χ0) is 16.3. The third kappa shape index (κ3) is 7.03. The van der Waals surface area contributed by atoms with E-state index < -0.39 is 0 Å². The molecule has 0 aromatic rings. The van der Waals surface area contributed by atoms with E-state index in [2.05, 4.69) is 32.3 Å². The fourth-order valence-electron chi connectivity index (χ4n) is 1.89. The monoisotopic (exact) mass is 287 g/mol. The summed E-state index contributed by atoms with van der Waals surface area (Å²) in [4.78, 5) is 16.5. The van der Waals surface area contributed by atoms with Gasteiger partial charge in [-0.1, -0.05) is 52.5 Å². The minimum absolute atomic E-state index is 0.132. The maximum Gasteiger partial charge on any atom is 0.162 e. The zero-order valence-corrected chi connectivity index (χ0v) is 14.1. The predicted octanol–water partition coefficient (Wildman–Crippen LogP) is 5.44. The van der Waals surface area contributed by atoms with Crippen molar-refractivity contribution in [2.24, 2.45) is 10.9 Å². The fourth-order valence-corrected chi connectivity index (χ4v) is 1.89. The molecule has 21 heavy (non-hydrogen) atoms. The van der Waals surface area contributed by atoms with Crippen molar-refractivity contribution in [3.05, 3.63) is 48.2 Å². The Balaban J connectivity index is 5.68. The van der Waals surface area contributed by atoms with Crippen LogP contribution in [0.3, 0.4) is 0 Å². The lowest BCUT2D eigenvalue weighted by Gasteiger charge is -2.14. The second kappa shape index (κ2) is 11.0. The summed E-state index contributed by atoms with van der Waals surface area (Å²) in [6.45, 7) is 14.0. The smallest absolute Gasteiger partial charge is 0.162 e. The molecule has 0 saturated carbocycles. The summed E-state index contributed by atoms with van der Waals surface area (Å²) in [5, 5.41) is 0. The maximum absolute atomic E-state index is 12.0. The molecule has 0 fully saturated rings. The van der Waals surface area contributed by atoms with Crippen LogP contribution in [0.4, 0.5) is 0 Å². The van der Waals surface area contributed by atoms with Gasteiger partial charge >= 0.3 is 0 Å². The van der Waals surface area contributed by atoms with E-state index >= 15 is 0 Å². The van der Waals surface area contributed by atoms with Crippen molar-refractivity contribution >= 4 is 11.5 Å². The summed E-state index contributed by atoms with van der Waals surface area (Å²) < 4.78 is 0. The van der Waals surface area contributed by atoms with E-state index in [9.17, 15) is 4.79 Å². The third-order valence-corrected chi connectivity index (χ3v) is 3.42. The SMILES string of the molecule is C=C\C=C(/C=C(/C(C)=N\C=C/CC)C(C)CC)C(=O)CC. The van der Waals surface area contributed by atoms with Gasteiger partial charge in [-0.05, 0) is 37.3 Å².